The summed E-state index contributed by atoms with van der Waals surface area (Å²) in [7, 11) is -2.43. The number of fused-ring (bicyclic) bond motifs is 1. The normalized spacial score (nSPS) is 23.7. The standard InChI is InChI=1S/C19H23ClN5O6P/c1-24(9-11-5-3-2-4-6-11)16-13-17(23-19(20)22-16)25(10-21-13)18-15(27)14(26)12(31-18)7-8-32(28,29)30/h2-6,10,12,14-15,18,26-27H,7-9H2,1H3,(H2,28,29,30)/t12-,14?,15+,18-/m1/s1. The second-order valence-corrected chi connectivity index (χ2v) is 9.82. The Hall–Kier alpha value is -2.11. The molecule has 1 saturated heterocycles. The van der Waals surface area contributed by atoms with Crippen molar-refractivity contribution in [1.82, 2.24) is 19.5 Å². The van der Waals surface area contributed by atoms with Crippen molar-refractivity contribution in [3.05, 3.63) is 47.5 Å². The minimum absolute atomic E-state index is 0.0275. The maximum atomic E-state index is 11.2. The Morgan fingerprint density at radius 3 is 2.59 bits per heavy atom. The third-order valence-electron chi connectivity index (χ3n) is 5.32. The minimum atomic E-state index is -4.27. The van der Waals surface area contributed by atoms with Gasteiger partial charge in [-0.1, -0.05) is 30.3 Å². The van der Waals surface area contributed by atoms with Crippen molar-refractivity contribution in [1.29, 1.82) is 0 Å². The molecule has 13 heteroatoms. The van der Waals surface area contributed by atoms with Crippen LogP contribution in [0, 0.1) is 0 Å². The number of anilines is 1. The first-order valence-corrected chi connectivity index (χ1v) is 12.0. The Morgan fingerprint density at radius 1 is 1.19 bits per heavy atom. The number of rotatable bonds is 7. The van der Waals surface area contributed by atoms with Gasteiger partial charge in [0.2, 0.25) is 5.28 Å². The third-order valence-corrected chi connectivity index (χ3v) is 6.33. The Labute approximate surface area is 188 Å². The first-order chi connectivity index (χ1) is 15.1. The number of aromatic nitrogens is 4. The zero-order chi connectivity index (χ0) is 23.0. The summed E-state index contributed by atoms with van der Waals surface area (Å²) in [5.74, 6) is 0.480. The average Bonchev–Trinajstić information content (AvgIpc) is 3.27. The van der Waals surface area contributed by atoms with E-state index in [0.717, 1.165) is 5.56 Å². The Kier molecular flexibility index (Phi) is 6.51. The van der Waals surface area contributed by atoms with Crippen molar-refractivity contribution in [2.75, 3.05) is 18.1 Å². The van der Waals surface area contributed by atoms with Gasteiger partial charge in [-0.15, -0.1) is 0 Å². The quantitative estimate of drug-likeness (QED) is 0.285. The maximum absolute atomic E-state index is 11.2. The summed E-state index contributed by atoms with van der Waals surface area (Å²) in [5, 5.41) is 20.8. The van der Waals surface area contributed by atoms with Gasteiger partial charge in [0, 0.05) is 13.6 Å². The van der Waals surface area contributed by atoms with Crippen LogP contribution in [0.3, 0.4) is 0 Å². The van der Waals surface area contributed by atoms with Gasteiger partial charge in [0.15, 0.2) is 23.2 Å². The fraction of sp³-hybridized carbons (Fsp3) is 0.421. The van der Waals surface area contributed by atoms with Gasteiger partial charge >= 0.3 is 7.60 Å². The van der Waals surface area contributed by atoms with Crippen LogP contribution in [-0.2, 0) is 15.8 Å². The molecule has 3 heterocycles. The van der Waals surface area contributed by atoms with Crippen LogP contribution in [0.15, 0.2) is 36.7 Å². The average molecular weight is 484 g/mol. The van der Waals surface area contributed by atoms with E-state index in [2.05, 4.69) is 15.0 Å². The van der Waals surface area contributed by atoms with Crippen LogP contribution in [0.25, 0.3) is 11.2 Å². The monoisotopic (exact) mass is 483 g/mol. The van der Waals surface area contributed by atoms with Crippen LogP contribution in [0.1, 0.15) is 18.2 Å². The van der Waals surface area contributed by atoms with Gasteiger partial charge in [0.05, 0.1) is 18.6 Å². The maximum Gasteiger partial charge on any atom is 0.325 e. The summed E-state index contributed by atoms with van der Waals surface area (Å²) in [6.45, 7) is 0.544. The van der Waals surface area contributed by atoms with Gasteiger partial charge in [0.25, 0.3) is 0 Å². The van der Waals surface area contributed by atoms with Gasteiger partial charge in [-0.2, -0.15) is 9.97 Å². The number of hydrogen-bond donors (Lipinski definition) is 4. The molecule has 0 amide bonds. The highest BCUT2D eigenvalue weighted by Gasteiger charge is 2.44. The molecule has 0 saturated carbocycles. The lowest BCUT2D eigenvalue weighted by molar-refractivity contribution is -0.0355. The van der Waals surface area contributed by atoms with Crippen molar-refractivity contribution in [2.45, 2.75) is 37.5 Å². The van der Waals surface area contributed by atoms with E-state index in [1.165, 1.54) is 10.9 Å². The molecule has 1 unspecified atom stereocenters. The Bertz CT molecular complexity index is 1140. The fourth-order valence-corrected chi connectivity index (χ4v) is 4.50. The summed E-state index contributed by atoms with van der Waals surface area (Å²) in [5.41, 5.74) is 1.78. The highest BCUT2D eigenvalue weighted by molar-refractivity contribution is 7.51. The molecule has 11 nitrogen and oxygen atoms in total. The Morgan fingerprint density at radius 2 is 1.91 bits per heavy atom. The van der Waals surface area contributed by atoms with Gasteiger partial charge < -0.3 is 29.6 Å². The van der Waals surface area contributed by atoms with Crippen molar-refractivity contribution < 1.29 is 29.3 Å². The molecular weight excluding hydrogens is 461 g/mol. The second kappa shape index (κ2) is 9.03. The van der Waals surface area contributed by atoms with Crippen molar-refractivity contribution in [3.63, 3.8) is 0 Å². The molecule has 4 rings (SSSR count). The molecule has 1 aromatic carbocycles. The number of hydrogen-bond acceptors (Lipinski definition) is 8. The van der Waals surface area contributed by atoms with Crippen LogP contribution in [0.2, 0.25) is 5.28 Å². The summed E-state index contributed by atoms with van der Waals surface area (Å²) < 4.78 is 18.3. The van der Waals surface area contributed by atoms with Crippen LogP contribution >= 0.6 is 19.2 Å². The van der Waals surface area contributed by atoms with Crippen molar-refractivity contribution >= 4 is 36.2 Å². The number of halogens is 1. The molecular formula is C19H23ClN5O6P. The smallest absolute Gasteiger partial charge is 0.325 e. The van der Waals surface area contributed by atoms with Gasteiger partial charge in [-0.3, -0.25) is 9.13 Å². The fourth-order valence-electron chi connectivity index (χ4n) is 3.75. The van der Waals surface area contributed by atoms with Crippen molar-refractivity contribution in [2.24, 2.45) is 0 Å². The molecule has 32 heavy (non-hydrogen) atoms. The number of nitrogens with zero attached hydrogens (tertiary/aromatic N) is 5. The molecule has 0 aliphatic carbocycles. The molecule has 172 valence electrons. The van der Waals surface area contributed by atoms with E-state index < -0.39 is 38.3 Å². The number of imidazole rings is 1. The van der Waals surface area contributed by atoms with E-state index in [1.54, 1.807) is 0 Å². The Balaban J connectivity index is 1.63. The van der Waals surface area contributed by atoms with E-state index in [4.69, 9.17) is 26.1 Å². The highest BCUT2D eigenvalue weighted by atomic mass is 35.5. The largest absolute Gasteiger partial charge is 0.388 e. The molecule has 0 bridgehead atoms. The molecule has 0 radical (unpaired) electrons. The molecule has 1 fully saturated rings. The topological polar surface area (TPSA) is 154 Å². The number of aliphatic hydroxyl groups excluding tert-OH is 2. The van der Waals surface area contributed by atoms with Crippen LogP contribution in [-0.4, -0.2) is 71.0 Å². The summed E-state index contributed by atoms with van der Waals surface area (Å²) in [6, 6.07) is 9.77. The lowest BCUT2D eigenvalue weighted by atomic mass is 10.1. The summed E-state index contributed by atoms with van der Waals surface area (Å²) in [4.78, 5) is 33.0. The highest BCUT2D eigenvalue weighted by Crippen LogP contribution is 2.40. The predicted octanol–water partition coefficient (Wildman–Crippen LogP) is 1.30. The number of ether oxygens (including phenoxy) is 1. The van der Waals surface area contributed by atoms with Gasteiger partial charge in [-0.25, -0.2) is 4.98 Å². The molecule has 0 spiro atoms. The minimum Gasteiger partial charge on any atom is -0.388 e. The number of aliphatic hydroxyl groups is 2. The second-order valence-electron chi connectivity index (χ2n) is 7.71. The predicted molar refractivity (Wildman–Crippen MR) is 116 cm³/mol. The lowest BCUT2D eigenvalue weighted by Gasteiger charge is -2.20. The zero-order valence-corrected chi connectivity index (χ0v) is 18.7. The van der Waals surface area contributed by atoms with E-state index in [0.29, 0.717) is 23.5 Å². The molecule has 3 aromatic rings. The van der Waals surface area contributed by atoms with Crippen LogP contribution in [0.5, 0.6) is 0 Å². The van der Waals surface area contributed by atoms with E-state index >= 15 is 0 Å². The molecule has 4 atom stereocenters. The summed E-state index contributed by atoms with van der Waals surface area (Å²) >= 11 is 6.17. The number of benzene rings is 1. The van der Waals surface area contributed by atoms with Gasteiger partial charge in [-0.05, 0) is 23.6 Å². The van der Waals surface area contributed by atoms with Crippen LogP contribution in [0.4, 0.5) is 5.82 Å². The summed E-state index contributed by atoms with van der Waals surface area (Å²) in [6.07, 6.45) is -3.89. The van der Waals surface area contributed by atoms with E-state index in [9.17, 15) is 14.8 Å². The first-order valence-electron chi connectivity index (χ1n) is 9.85. The SMILES string of the molecule is CN(Cc1ccccc1)c1nc(Cl)nc2c1ncn2[C@@H]1O[C@H](CCP(=O)(O)O)C(O)[C@@H]1O. The molecule has 4 N–H and O–H groups in total. The first kappa shape index (κ1) is 23.1. The van der Waals surface area contributed by atoms with E-state index in [-0.39, 0.29) is 11.7 Å². The zero-order valence-electron chi connectivity index (χ0n) is 17.1. The van der Waals surface area contributed by atoms with E-state index in [1.807, 2.05) is 42.3 Å². The van der Waals surface area contributed by atoms with Crippen molar-refractivity contribution in [3.8, 4) is 0 Å². The molecule has 2 aromatic heterocycles. The molecule has 1 aliphatic heterocycles. The third kappa shape index (κ3) is 4.79. The lowest BCUT2D eigenvalue weighted by Crippen LogP contribution is -2.31. The van der Waals surface area contributed by atoms with Crippen LogP contribution < -0.4 is 4.90 Å². The van der Waals surface area contributed by atoms with Gasteiger partial charge in [0.1, 0.15) is 12.2 Å². The molecule has 1 aliphatic rings.